The van der Waals surface area contributed by atoms with Crippen LogP contribution in [0.25, 0.3) is 0 Å². The third-order valence-corrected chi connectivity index (χ3v) is 4.76. The molecule has 1 aliphatic heterocycles. The third-order valence-electron chi connectivity index (χ3n) is 4.76. The number of benzene rings is 2. The highest BCUT2D eigenvalue weighted by Crippen LogP contribution is 2.26. The molecule has 0 unspecified atom stereocenters. The highest BCUT2D eigenvalue weighted by Gasteiger charge is 2.30. The number of carbonyl (C=O) groups is 2. The number of piperidine rings is 1. The number of ketones is 1. The summed E-state index contributed by atoms with van der Waals surface area (Å²) >= 11 is 0. The molecule has 3 rings (SSSR count). The smallest absolute Gasteiger partial charge is 0.257 e. The molecule has 2 aromatic carbocycles. The summed E-state index contributed by atoms with van der Waals surface area (Å²) in [5, 5.41) is 0. The number of Topliss-reactive ketones (excluding diaryl/α,β-unsaturated/α-hetero) is 1. The van der Waals surface area contributed by atoms with Crippen LogP contribution >= 0.6 is 0 Å². The van der Waals surface area contributed by atoms with E-state index in [-0.39, 0.29) is 11.5 Å². The molecule has 1 aliphatic rings. The Morgan fingerprint density at radius 1 is 1.07 bits per heavy atom. The maximum absolute atomic E-state index is 13.9. The van der Waals surface area contributed by atoms with Gasteiger partial charge in [-0.1, -0.05) is 12.1 Å². The zero-order valence-electron chi connectivity index (χ0n) is 15.1. The van der Waals surface area contributed by atoms with E-state index in [1.165, 1.54) is 0 Å². The van der Waals surface area contributed by atoms with E-state index < -0.39 is 23.3 Å². The molecule has 0 atom stereocenters. The fourth-order valence-electron chi connectivity index (χ4n) is 3.35. The van der Waals surface area contributed by atoms with E-state index in [9.17, 15) is 18.4 Å². The van der Waals surface area contributed by atoms with Gasteiger partial charge in [-0.05, 0) is 50.1 Å². The summed E-state index contributed by atoms with van der Waals surface area (Å²) in [7, 11) is 0. The second-order valence-electron chi connectivity index (χ2n) is 6.48. The minimum Gasteiger partial charge on any atom is -0.493 e. The molecule has 0 saturated carbocycles. The first kappa shape index (κ1) is 19.0. The summed E-state index contributed by atoms with van der Waals surface area (Å²) in [5.41, 5.74) is 0.266. The number of nitrogens with zero attached hydrogens (tertiary/aromatic N) is 1. The van der Waals surface area contributed by atoms with Crippen molar-refractivity contribution in [1.82, 2.24) is 4.90 Å². The van der Waals surface area contributed by atoms with Crippen LogP contribution in [0.15, 0.2) is 42.5 Å². The first-order valence-corrected chi connectivity index (χ1v) is 9.01. The number of carbonyl (C=O) groups excluding carboxylic acids is 2. The average Bonchev–Trinajstić information content (AvgIpc) is 2.69. The minimum atomic E-state index is -0.717. The monoisotopic (exact) mass is 373 g/mol. The van der Waals surface area contributed by atoms with E-state index in [0.717, 1.165) is 18.2 Å². The van der Waals surface area contributed by atoms with Crippen molar-refractivity contribution in [2.24, 2.45) is 5.92 Å². The second-order valence-corrected chi connectivity index (χ2v) is 6.48. The normalized spacial score (nSPS) is 14.9. The number of hydrogen-bond donors (Lipinski definition) is 0. The molecule has 142 valence electrons. The van der Waals surface area contributed by atoms with Crippen LogP contribution in [0.5, 0.6) is 5.75 Å². The predicted octanol–water partition coefficient (Wildman–Crippen LogP) is 4.10. The Morgan fingerprint density at radius 3 is 2.48 bits per heavy atom. The van der Waals surface area contributed by atoms with Crippen LogP contribution in [0.1, 0.15) is 40.5 Å². The van der Waals surface area contributed by atoms with Gasteiger partial charge in [0.2, 0.25) is 0 Å². The van der Waals surface area contributed by atoms with E-state index in [0.29, 0.717) is 43.9 Å². The second kappa shape index (κ2) is 8.29. The summed E-state index contributed by atoms with van der Waals surface area (Å²) in [5.74, 6) is -1.81. The van der Waals surface area contributed by atoms with Crippen LogP contribution in [0.2, 0.25) is 0 Å². The van der Waals surface area contributed by atoms with E-state index in [1.807, 2.05) is 6.92 Å². The maximum Gasteiger partial charge on any atom is 0.257 e. The zero-order valence-corrected chi connectivity index (χ0v) is 15.1. The largest absolute Gasteiger partial charge is 0.493 e. The van der Waals surface area contributed by atoms with Crippen LogP contribution in [0.4, 0.5) is 8.78 Å². The lowest BCUT2D eigenvalue weighted by Crippen LogP contribution is -2.40. The van der Waals surface area contributed by atoms with Crippen molar-refractivity contribution in [3.05, 3.63) is 65.2 Å². The van der Waals surface area contributed by atoms with Crippen molar-refractivity contribution in [2.75, 3.05) is 19.7 Å². The predicted molar refractivity (Wildman–Crippen MR) is 96.9 cm³/mol. The van der Waals surface area contributed by atoms with E-state index >= 15 is 0 Å². The number of likely N-dealkylation sites (tertiary alicyclic amines) is 1. The number of ether oxygens (including phenoxy) is 1. The highest BCUT2D eigenvalue weighted by atomic mass is 19.1. The van der Waals surface area contributed by atoms with Gasteiger partial charge in [-0.15, -0.1) is 0 Å². The Bertz CT molecular complexity index is 845. The molecular formula is C21H21F2NO3. The Hall–Kier alpha value is -2.76. The molecule has 0 N–H and O–H groups in total. The van der Waals surface area contributed by atoms with Crippen molar-refractivity contribution in [3.8, 4) is 5.75 Å². The van der Waals surface area contributed by atoms with Crippen molar-refractivity contribution < 1.29 is 23.1 Å². The molecule has 0 aliphatic carbocycles. The zero-order chi connectivity index (χ0) is 19.4. The van der Waals surface area contributed by atoms with Gasteiger partial charge in [-0.25, -0.2) is 8.78 Å². The molecule has 1 heterocycles. The number of hydrogen-bond acceptors (Lipinski definition) is 3. The van der Waals surface area contributed by atoms with Crippen LogP contribution in [0.3, 0.4) is 0 Å². The summed E-state index contributed by atoms with van der Waals surface area (Å²) in [6.45, 7) is 3.07. The molecule has 0 spiro atoms. The molecule has 4 nitrogen and oxygen atoms in total. The number of para-hydroxylation sites is 1. The summed E-state index contributed by atoms with van der Waals surface area (Å²) < 4.78 is 32.7. The van der Waals surface area contributed by atoms with E-state index in [1.54, 1.807) is 29.2 Å². The molecule has 1 saturated heterocycles. The average molecular weight is 373 g/mol. The van der Waals surface area contributed by atoms with Gasteiger partial charge in [0.05, 0.1) is 17.7 Å². The topological polar surface area (TPSA) is 46.6 Å². The number of amides is 1. The standard InChI is InChI=1S/C21H21F2NO3/c1-2-27-19-6-4-3-5-16(19)21(26)24-11-9-14(10-12-24)20(25)17-13-15(22)7-8-18(17)23/h3-8,13-14H,2,9-12H2,1H3. The van der Waals surface area contributed by atoms with Gasteiger partial charge in [-0.2, -0.15) is 0 Å². The Morgan fingerprint density at radius 2 is 1.78 bits per heavy atom. The van der Waals surface area contributed by atoms with Gasteiger partial charge in [0.1, 0.15) is 17.4 Å². The van der Waals surface area contributed by atoms with Crippen molar-refractivity contribution in [2.45, 2.75) is 19.8 Å². The molecule has 1 fully saturated rings. The number of halogens is 2. The summed E-state index contributed by atoms with van der Waals surface area (Å²) in [4.78, 5) is 27.0. The van der Waals surface area contributed by atoms with Crippen molar-refractivity contribution >= 4 is 11.7 Å². The first-order chi connectivity index (χ1) is 13.0. The van der Waals surface area contributed by atoms with Gasteiger partial charge in [0, 0.05) is 19.0 Å². The lowest BCUT2D eigenvalue weighted by atomic mass is 9.88. The quantitative estimate of drug-likeness (QED) is 0.742. The Labute approximate surface area is 156 Å². The molecular weight excluding hydrogens is 352 g/mol. The maximum atomic E-state index is 13.9. The number of rotatable bonds is 5. The SMILES string of the molecule is CCOc1ccccc1C(=O)N1CCC(C(=O)c2cc(F)ccc2F)CC1. The molecule has 2 aromatic rings. The van der Waals surface area contributed by atoms with Gasteiger partial charge in [-0.3, -0.25) is 9.59 Å². The Kier molecular flexibility index (Phi) is 5.84. The van der Waals surface area contributed by atoms with Gasteiger partial charge in [0.25, 0.3) is 5.91 Å². The van der Waals surface area contributed by atoms with Crippen LogP contribution in [-0.2, 0) is 0 Å². The fraction of sp³-hybridized carbons (Fsp3) is 0.333. The highest BCUT2D eigenvalue weighted by molar-refractivity contribution is 5.99. The van der Waals surface area contributed by atoms with Crippen LogP contribution in [-0.4, -0.2) is 36.3 Å². The summed E-state index contributed by atoms with van der Waals surface area (Å²) in [6.07, 6.45) is 0.828. The minimum absolute atomic E-state index is 0.151. The first-order valence-electron chi connectivity index (χ1n) is 9.01. The van der Waals surface area contributed by atoms with Gasteiger partial charge in [0.15, 0.2) is 5.78 Å². The van der Waals surface area contributed by atoms with Crippen LogP contribution < -0.4 is 4.74 Å². The Balaban J connectivity index is 1.68. The molecule has 6 heteroatoms. The fourth-order valence-corrected chi connectivity index (χ4v) is 3.35. The van der Waals surface area contributed by atoms with E-state index in [2.05, 4.69) is 0 Å². The third kappa shape index (κ3) is 4.15. The molecule has 1 amide bonds. The van der Waals surface area contributed by atoms with Gasteiger partial charge >= 0.3 is 0 Å². The lowest BCUT2D eigenvalue weighted by Gasteiger charge is -2.31. The molecule has 0 aromatic heterocycles. The van der Waals surface area contributed by atoms with Crippen LogP contribution in [0, 0.1) is 17.6 Å². The van der Waals surface area contributed by atoms with E-state index in [4.69, 9.17) is 4.74 Å². The molecule has 27 heavy (non-hydrogen) atoms. The molecule has 0 bridgehead atoms. The summed E-state index contributed by atoms with van der Waals surface area (Å²) in [6, 6.07) is 9.94. The molecule has 0 radical (unpaired) electrons. The van der Waals surface area contributed by atoms with Gasteiger partial charge < -0.3 is 9.64 Å². The van der Waals surface area contributed by atoms with Crippen molar-refractivity contribution in [1.29, 1.82) is 0 Å². The van der Waals surface area contributed by atoms with Crippen molar-refractivity contribution in [3.63, 3.8) is 0 Å². The lowest BCUT2D eigenvalue weighted by molar-refractivity contribution is 0.0645.